The summed E-state index contributed by atoms with van der Waals surface area (Å²) in [4.78, 5) is 24.0. The summed E-state index contributed by atoms with van der Waals surface area (Å²) in [7, 11) is 1.53. The van der Waals surface area contributed by atoms with Crippen LogP contribution in [0, 0.1) is 0 Å². The van der Waals surface area contributed by atoms with E-state index in [2.05, 4.69) is 22.0 Å². The molecule has 0 saturated heterocycles. The molecule has 0 bridgehead atoms. The molecule has 0 fully saturated rings. The van der Waals surface area contributed by atoms with Crippen LogP contribution in [0.5, 0.6) is 5.75 Å². The summed E-state index contributed by atoms with van der Waals surface area (Å²) in [6.45, 7) is 2.78. The molecule has 1 atom stereocenters. The molecule has 0 unspecified atom stereocenters. The first-order valence-corrected chi connectivity index (χ1v) is 9.33. The molecule has 2 aromatic rings. The lowest BCUT2D eigenvalue weighted by Crippen LogP contribution is -2.34. The number of fused-ring (bicyclic) bond motifs is 1. The number of nitrogens with one attached hydrogen (secondary N) is 3. The molecule has 1 aliphatic rings. The van der Waals surface area contributed by atoms with E-state index in [1.807, 2.05) is 18.2 Å². The second-order valence-electron chi connectivity index (χ2n) is 6.46. The number of anilines is 2. The van der Waals surface area contributed by atoms with Crippen LogP contribution in [0.1, 0.15) is 30.6 Å². The molecule has 2 aromatic carbocycles. The van der Waals surface area contributed by atoms with Gasteiger partial charge in [0.1, 0.15) is 11.9 Å². The summed E-state index contributed by atoms with van der Waals surface area (Å²) < 4.78 is 11.1. The Bertz CT molecular complexity index is 853. The summed E-state index contributed by atoms with van der Waals surface area (Å²) in [5, 5.41) is 8.39. The second kappa shape index (κ2) is 9.23. The number of methoxy groups -OCH3 is 1. The number of ether oxygens (including phenoxy) is 2. The molecule has 0 aromatic heterocycles. The number of carbonyl (C=O) groups is 2. The first-order chi connectivity index (χ1) is 13.6. The Morgan fingerprint density at radius 2 is 2.00 bits per heavy atom. The van der Waals surface area contributed by atoms with E-state index in [-0.39, 0.29) is 18.0 Å². The predicted molar refractivity (Wildman–Crippen MR) is 108 cm³/mol. The molecule has 7 nitrogen and oxygen atoms in total. The summed E-state index contributed by atoms with van der Waals surface area (Å²) in [6.07, 6.45) is 1.08. The zero-order valence-electron chi connectivity index (χ0n) is 16.1. The van der Waals surface area contributed by atoms with Crippen LogP contribution in [-0.4, -0.2) is 32.2 Å². The van der Waals surface area contributed by atoms with E-state index >= 15 is 0 Å². The molecule has 3 amide bonds. The van der Waals surface area contributed by atoms with Gasteiger partial charge in [0, 0.05) is 18.7 Å². The van der Waals surface area contributed by atoms with Gasteiger partial charge in [-0.1, -0.05) is 31.2 Å². The maximum absolute atomic E-state index is 12.3. The summed E-state index contributed by atoms with van der Waals surface area (Å²) in [6, 6.07) is 12.8. The Morgan fingerprint density at radius 1 is 1.18 bits per heavy atom. The van der Waals surface area contributed by atoms with Crippen LogP contribution in [0.25, 0.3) is 0 Å². The number of hydrogen-bond donors (Lipinski definition) is 3. The smallest absolute Gasteiger partial charge is 0.319 e. The van der Waals surface area contributed by atoms with E-state index in [9.17, 15) is 9.59 Å². The van der Waals surface area contributed by atoms with Gasteiger partial charge < -0.3 is 25.4 Å². The van der Waals surface area contributed by atoms with Gasteiger partial charge in [0.2, 0.25) is 5.91 Å². The van der Waals surface area contributed by atoms with Gasteiger partial charge in [0.05, 0.1) is 19.4 Å². The number of rotatable bonds is 6. The first-order valence-electron chi connectivity index (χ1n) is 9.33. The van der Waals surface area contributed by atoms with E-state index in [1.54, 1.807) is 25.1 Å². The molecule has 148 valence electrons. The van der Waals surface area contributed by atoms with Crippen molar-refractivity contribution in [2.75, 3.05) is 30.9 Å². The number of hydrogen-bond acceptors (Lipinski definition) is 4. The van der Waals surface area contributed by atoms with Crippen molar-refractivity contribution in [1.29, 1.82) is 0 Å². The third-order valence-corrected chi connectivity index (χ3v) is 4.59. The highest BCUT2D eigenvalue weighted by Crippen LogP contribution is 2.28. The number of carbonyl (C=O) groups excluding carboxylic acids is 2. The van der Waals surface area contributed by atoms with Crippen molar-refractivity contribution in [3.8, 4) is 5.75 Å². The number of urea groups is 1. The maximum Gasteiger partial charge on any atom is 0.319 e. The lowest BCUT2D eigenvalue weighted by Gasteiger charge is -2.26. The van der Waals surface area contributed by atoms with Crippen LogP contribution >= 0.6 is 0 Å². The van der Waals surface area contributed by atoms with Crippen LogP contribution in [0.2, 0.25) is 0 Å². The number of amides is 3. The Balaban J connectivity index is 1.61. The standard InChI is InChI=1S/C21H25N3O4/c1-3-20(25)24-17-12-15(8-9-18(17)27-2)23-21(26)22-13-19-16-7-5-4-6-14(16)10-11-28-19/h4-9,12,19H,3,10-11,13H2,1-2H3,(H,24,25)(H2,22,23,26)/t19-/m1/s1. The van der Waals surface area contributed by atoms with Crippen molar-refractivity contribution in [2.24, 2.45) is 0 Å². The predicted octanol–water partition coefficient (Wildman–Crippen LogP) is 3.48. The van der Waals surface area contributed by atoms with Crippen molar-refractivity contribution in [2.45, 2.75) is 25.9 Å². The fraction of sp³-hybridized carbons (Fsp3) is 0.333. The van der Waals surface area contributed by atoms with Gasteiger partial charge in [0.15, 0.2) is 0 Å². The van der Waals surface area contributed by atoms with Crippen LogP contribution in [0.4, 0.5) is 16.2 Å². The molecule has 0 aliphatic carbocycles. The largest absolute Gasteiger partial charge is 0.495 e. The van der Waals surface area contributed by atoms with Crippen LogP contribution in [-0.2, 0) is 16.0 Å². The summed E-state index contributed by atoms with van der Waals surface area (Å²) in [5.41, 5.74) is 3.43. The van der Waals surface area contributed by atoms with Crippen LogP contribution in [0.15, 0.2) is 42.5 Å². The van der Waals surface area contributed by atoms with E-state index in [4.69, 9.17) is 9.47 Å². The topological polar surface area (TPSA) is 88.7 Å². The van der Waals surface area contributed by atoms with Crippen LogP contribution < -0.4 is 20.7 Å². The van der Waals surface area contributed by atoms with Crippen LogP contribution in [0.3, 0.4) is 0 Å². The molecule has 0 radical (unpaired) electrons. The van der Waals surface area contributed by atoms with Crippen molar-refractivity contribution in [3.05, 3.63) is 53.6 Å². The van der Waals surface area contributed by atoms with Crippen molar-refractivity contribution >= 4 is 23.3 Å². The van der Waals surface area contributed by atoms with Gasteiger partial charge in [-0.25, -0.2) is 4.79 Å². The monoisotopic (exact) mass is 383 g/mol. The summed E-state index contributed by atoms with van der Waals surface area (Å²) in [5.74, 6) is 0.396. The van der Waals surface area contributed by atoms with Crippen molar-refractivity contribution in [3.63, 3.8) is 0 Å². The van der Waals surface area contributed by atoms with Crippen molar-refractivity contribution in [1.82, 2.24) is 5.32 Å². The minimum absolute atomic E-state index is 0.131. The highest BCUT2D eigenvalue weighted by Gasteiger charge is 2.21. The van der Waals surface area contributed by atoms with E-state index in [0.717, 1.165) is 12.0 Å². The molecule has 1 aliphatic heterocycles. The molecule has 28 heavy (non-hydrogen) atoms. The zero-order chi connectivity index (χ0) is 19.9. The van der Waals surface area contributed by atoms with Gasteiger partial charge in [-0.2, -0.15) is 0 Å². The lowest BCUT2D eigenvalue weighted by molar-refractivity contribution is -0.115. The molecule has 1 heterocycles. The first kappa shape index (κ1) is 19.7. The quantitative estimate of drug-likeness (QED) is 0.713. The second-order valence-corrected chi connectivity index (χ2v) is 6.46. The average Bonchev–Trinajstić information content (AvgIpc) is 2.72. The van der Waals surface area contributed by atoms with Gasteiger partial charge in [-0.3, -0.25) is 4.79 Å². The van der Waals surface area contributed by atoms with Gasteiger partial charge in [0.25, 0.3) is 0 Å². The minimum atomic E-state index is -0.343. The Hall–Kier alpha value is -3.06. The van der Waals surface area contributed by atoms with Crippen molar-refractivity contribution < 1.29 is 19.1 Å². The zero-order valence-corrected chi connectivity index (χ0v) is 16.1. The fourth-order valence-corrected chi connectivity index (χ4v) is 3.13. The molecule has 0 saturated carbocycles. The normalized spacial score (nSPS) is 15.3. The summed E-state index contributed by atoms with van der Waals surface area (Å²) >= 11 is 0. The maximum atomic E-state index is 12.3. The van der Waals surface area contributed by atoms with E-state index in [0.29, 0.717) is 36.7 Å². The molecule has 3 N–H and O–H groups in total. The SMILES string of the molecule is CCC(=O)Nc1cc(NC(=O)NC[C@H]2OCCc3ccccc32)ccc1OC. The third kappa shape index (κ3) is 4.80. The molecule has 3 rings (SSSR count). The highest BCUT2D eigenvalue weighted by molar-refractivity contribution is 5.94. The Morgan fingerprint density at radius 3 is 2.79 bits per heavy atom. The minimum Gasteiger partial charge on any atom is -0.495 e. The molecule has 0 spiro atoms. The lowest BCUT2D eigenvalue weighted by atomic mass is 9.98. The molecule has 7 heteroatoms. The Kier molecular flexibility index (Phi) is 6.49. The number of benzene rings is 2. The average molecular weight is 383 g/mol. The van der Waals surface area contributed by atoms with Gasteiger partial charge in [-0.15, -0.1) is 0 Å². The molecular weight excluding hydrogens is 358 g/mol. The fourth-order valence-electron chi connectivity index (χ4n) is 3.13. The van der Waals surface area contributed by atoms with E-state index < -0.39 is 0 Å². The van der Waals surface area contributed by atoms with Gasteiger partial charge in [-0.05, 0) is 35.7 Å². The molecular formula is C21H25N3O4. The van der Waals surface area contributed by atoms with Gasteiger partial charge >= 0.3 is 6.03 Å². The third-order valence-electron chi connectivity index (χ3n) is 4.59. The van der Waals surface area contributed by atoms with E-state index in [1.165, 1.54) is 12.7 Å². The Labute approximate surface area is 164 Å². The highest BCUT2D eigenvalue weighted by atomic mass is 16.5.